The Labute approximate surface area is 112 Å². The molecule has 5 nitrogen and oxygen atoms in total. The van der Waals surface area contributed by atoms with E-state index >= 15 is 0 Å². The summed E-state index contributed by atoms with van der Waals surface area (Å²) in [7, 11) is 0. The van der Waals surface area contributed by atoms with Crippen LogP contribution in [0.2, 0.25) is 0 Å². The Morgan fingerprint density at radius 1 is 1.56 bits per heavy atom. The van der Waals surface area contributed by atoms with Crippen molar-refractivity contribution < 1.29 is 4.79 Å². The highest BCUT2D eigenvalue weighted by Gasteiger charge is 2.09. The van der Waals surface area contributed by atoms with Gasteiger partial charge in [-0.1, -0.05) is 13.8 Å². The molecule has 0 saturated carbocycles. The number of thioether (sulfide) groups is 1. The van der Waals surface area contributed by atoms with Gasteiger partial charge in [-0.3, -0.25) is 10.4 Å². The van der Waals surface area contributed by atoms with Crippen molar-refractivity contribution in [2.24, 2.45) is 0 Å². The van der Waals surface area contributed by atoms with Gasteiger partial charge in [-0.2, -0.15) is 16.9 Å². The van der Waals surface area contributed by atoms with Crippen molar-refractivity contribution in [3.63, 3.8) is 0 Å². The van der Waals surface area contributed by atoms with Crippen molar-refractivity contribution in [3.05, 3.63) is 11.8 Å². The summed E-state index contributed by atoms with van der Waals surface area (Å²) in [6.45, 7) is 4.80. The van der Waals surface area contributed by atoms with Gasteiger partial charge in [0.2, 0.25) is 0 Å². The molecule has 0 spiro atoms. The number of nitrogens with one attached hydrogen (secondary N) is 3. The number of anilines is 1. The smallest absolute Gasteiger partial charge is 0.136 e. The van der Waals surface area contributed by atoms with Crippen LogP contribution in [0.4, 0.5) is 5.82 Å². The minimum atomic E-state index is -0.0876. The molecule has 0 amide bonds. The summed E-state index contributed by atoms with van der Waals surface area (Å²) in [5.74, 6) is 2.33. The molecule has 0 bridgehead atoms. The van der Waals surface area contributed by atoms with Crippen LogP contribution >= 0.6 is 11.8 Å². The summed E-state index contributed by atoms with van der Waals surface area (Å²) < 4.78 is 0. The Kier molecular flexibility index (Phi) is 6.82. The normalized spacial score (nSPS) is 12.7. The maximum atomic E-state index is 10.9. The number of nitrogens with zero attached hydrogens (tertiary/aromatic N) is 1. The fourth-order valence-corrected chi connectivity index (χ4v) is 2.10. The van der Waals surface area contributed by atoms with E-state index in [-0.39, 0.29) is 6.04 Å². The molecule has 0 aliphatic rings. The minimum absolute atomic E-state index is 0.0876. The van der Waals surface area contributed by atoms with Gasteiger partial charge in [-0.15, -0.1) is 0 Å². The Morgan fingerprint density at radius 3 is 2.94 bits per heavy atom. The average Bonchev–Trinajstić information content (AvgIpc) is 2.82. The number of aromatic nitrogens is 2. The van der Waals surface area contributed by atoms with Gasteiger partial charge in [-0.05, 0) is 24.3 Å². The van der Waals surface area contributed by atoms with Gasteiger partial charge >= 0.3 is 0 Å². The number of rotatable bonds is 9. The summed E-state index contributed by atoms with van der Waals surface area (Å²) in [6.07, 6.45) is 5.69. The molecule has 1 heterocycles. The van der Waals surface area contributed by atoms with E-state index in [0.717, 1.165) is 29.8 Å². The topological polar surface area (TPSA) is 69.8 Å². The van der Waals surface area contributed by atoms with E-state index in [0.29, 0.717) is 12.6 Å². The molecule has 0 aromatic carbocycles. The first kappa shape index (κ1) is 15.0. The van der Waals surface area contributed by atoms with Crippen LogP contribution < -0.4 is 10.6 Å². The molecule has 0 saturated heterocycles. The van der Waals surface area contributed by atoms with E-state index in [1.165, 1.54) is 0 Å². The van der Waals surface area contributed by atoms with Crippen LogP contribution in [0.1, 0.15) is 31.7 Å². The Balaban J connectivity index is 2.35. The van der Waals surface area contributed by atoms with Gasteiger partial charge in [0.05, 0.1) is 18.9 Å². The molecule has 0 aliphatic carbocycles. The Hall–Kier alpha value is -1.01. The number of aldehydes is 1. The number of carbonyl (C=O) groups is 1. The molecule has 102 valence electrons. The van der Waals surface area contributed by atoms with Crippen LogP contribution in [0.3, 0.4) is 0 Å². The van der Waals surface area contributed by atoms with Crippen molar-refractivity contribution in [1.82, 2.24) is 15.5 Å². The molecular formula is C12H22N4OS. The van der Waals surface area contributed by atoms with Gasteiger partial charge < -0.3 is 10.1 Å². The van der Waals surface area contributed by atoms with Crippen molar-refractivity contribution in [2.75, 3.05) is 24.0 Å². The number of carbonyl (C=O) groups excluding carboxylic acids is 1. The van der Waals surface area contributed by atoms with Crippen molar-refractivity contribution in [1.29, 1.82) is 0 Å². The SMILES string of the molecule is CSCC[C@@H](C=O)NCNc1[nH]ncc1C(C)C. The Bertz CT molecular complexity index is 354. The molecule has 0 radical (unpaired) electrons. The van der Waals surface area contributed by atoms with Crippen LogP contribution in [-0.4, -0.2) is 41.2 Å². The molecule has 1 rings (SSSR count). The number of H-pyrrole nitrogens is 1. The fraction of sp³-hybridized carbons (Fsp3) is 0.667. The second-order valence-corrected chi connectivity index (χ2v) is 5.42. The van der Waals surface area contributed by atoms with Crippen LogP contribution in [0, 0.1) is 0 Å². The van der Waals surface area contributed by atoms with Gasteiger partial charge in [-0.25, -0.2) is 0 Å². The first-order valence-corrected chi connectivity index (χ1v) is 7.53. The summed E-state index contributed by atoms with van der Waals surface area (Å²) in [4.78, 5) is 10.9. The molecule has 0 unspecified atom stereocenters. The Morgan fingerprint density at radius 2 is 2.33 bits per heavy atom. The molecule has 18 heavy (non-hydrogen) atoms. The first-order valence-electron chi connectivity index (χ1n) is 6.13. The summed E-state index contributed by atoms with van der Waals surface area (Å²) in [5.41, 5.74) is 1.16. The van der Waals surface area contributed by atoms with Crippen molar-refractivity contribution in [3.8, 4) is 0 Å². The lowest BCUT2D eigenvalue weighted by atomic mass is 10.1. The monoisotopic (exact) mass is 270 g/mol. The highest BCUT2D eigenvalue weighted by Crippen LogP contribution is 2.20. The quantitative estimate of drug-likeness (QED) is 0.471. The van der Waals surface area contributed by atoms with E-state index in [1.54, 1.807) is 11.8 Å². The largest absolute Gasteiger partial charge is 0.358 e. The van der Waals surface area contributed by atoms with Crippen LogP contribution in [-0.2, 0) is 4.79 Å². The average molecular weight is 270 g/mol. The highest BCUT2D eigenvalue weighted by atomic mass is 32.2. The van der Waals surface area contributed by atoms with Gasteiger partial charge in [0.15, 0.2) is 0 Å². The molecule has 3 N–H and O–H groups in total. The van der Waals surface area contributed by atoms with E-state index in [1.807, 2.05) is 12.5 Å². The predicted molar refractivity (Wildman–Crippen MR) is 77.2 cm³/mol. The predicted octanol–water partition coefficient (Wildman–Crippen LogP) is 1.81. The maximum absolute atomic E-state index is 10.9. The minimum Gasteiger partial charge on any atom is -0.358 e. The van der Waals surface area contributed by atoms with Crippen molar-refractivity contribution >= 4 is 23.9 Å². The summed E-state index contributed by atoms with van der Waals surface area (Å²) in [6, 6.07) is -0.0876. The lowest BCUT2D eigenvalue weighted by molar-refractivity contribution is -0.109. The summed E-state index contributed by atoms with van der Waals surface area (Å²) in [5, 5.41) is 13.3. The maximum Gasteiger partial charge on any atom is 0.136 e. The third kappa shape index (κ3) is 4.70. The zero-order valence-corrected chi connectivity index (χ0v) is 12.0. The highest BCUT2D eigenvalue weighted by molar-refractivity contribution is 7.98. The standard InChI is InChI=1S/C12H22N4OS/c1-9(2)11-6-15-16-12(11)14-8-13-10(7-17)4-5-18-3/h6-7,9-10,13H,4-5,8H2,1-3H3,(H2,14,15,16)/t10-/m0/s1. The third-order valence-corrected chi connectivity index (χ3v) is 3.36. The van der Waals surface area contributed by atoms with Crippen molar-refractivity contribution in [2.45, 2.75) is 32.2 Å². The second kappa shape index (κ2) is 8.16. The fourth-order valence-electron chi connectivity index (χ4n) is 1.61. The number of hydrogen-bond acceptors (Lipinski definition) is 5. The number of hydrogen-bond donors (Lipinski definition) is 3. The zero-order chi connectivity index (χ0) is 13.4. The molecule has 0 fully saturated rings. The van der Waals surface area contributed by atoms with Crippen LogP contribution in [0.15, 0.2) is 6.20 Å². The van der Waals surface area contributed by atoms with E-state index in [4.69, 9.17) is 0 Å². The van der Waals surface area contributed by atoms with E-state index < -0.39 is 0 Å². The zero-order valence-electron chi connectivity index (χ0n) is 11.2. The number of aromatic amines is 1. The molecular weight excluding hydrogens is 248 g/mol. The third-order valence-electron chi connectivity index (χ3n) is 2.72. The lowest BCUT2D eigenvalue weighted by Gasteiger charge is -2.14. The van der Waals surface area contributed by atoms with E-state index in [2.05, 4.69) is 34.7 Å². The molecule has 0 aliphatic heterocycles. The summed E-state index contributed by atoms with van der Waals surface area (Å²) >= 11 is 1.75. The second-order valence-electron chi connectivity index (χ2n) is 4.44. The first-order chi connectivity index (χ1) is 8.69. The van der Waals surface area contributed by atoms with Gasteiger partial charge in [0.1, 0.15) is 12.1 Å². The van der Waals surface area contributed by atoms with Gasteiger partial charge in [0.25, 0.3) is 0 Å². The van der Waals surface area contributed by atoms with Crippen LogP contribution in [0.25, 0.3) is 0 Å². The molecule has 1 aromatic heterocycles. The molecule has 1 aromatic rings. The van der Waals surface area contributed by atoms with Gasteiger partial charge in [0, 0.05) is 5.56 Å². The molecule has 6 heteroatoms. The lowest BCUT2D eigenvalue weighted by Crippen LogP contribution is -2.35. The molecule has 1 atom stereocenters. The van der Waals surface area contributed by atoms with E-state index in [9.17, 15) is 4.79 Å². The van der Waals surface area contributed by atoms with Crippen LogP contribution in [0.5, 0.6) is 0 Å².